The van der Waals surface area contributed by atoms with E-state index in [0.717, 1.165) is 0 Å². The highest BCUT2D eigenvalue weighted by molar-refractivity contribution is 6.32. The van der Waals surface area contributed by atoms with Crippen LogP contribution in [0.3, 0.4) is 0 Å². The van der Waals surface area contributed by atoms with E-state index >= 15 is 0 Å². The van der Waals surface area contributed by atoms with Crippen LogP contribution in [0, 0.1) is 0 Å². The number of halogens is 1. The van der Waals surface area contributed by atoms with Crippen molar-refractivity contribution in [1.29, 1.82) is 0 Å². The Morgan fingerprint density at radius 3 is 2.95 bits per heavy atom. The fourth-order valence-corrected chi connectivity index (χ4v) is 2.81. The van der Waals surface area contributed by atoms with Gasteiger partial charge in [-0.3, -0.25) is 4.90 Å². The summed E-state index contributed by atoms with van der Waals surface area (Å²) in [6, 6.07) is 0. The normalized spacial score (nSPS) is 25.7. The van der Waals surface area contributed by atoms with Gasteiger partial charge in [-0.25, -0.2) is 4.98 Å². The third kappa shape index (κ3) is 2.34. The number of aromatic amines is 1. The van der Waals surface area contributed by atoms with Gasteiger partial charge in [0.2, 0.25) is 5.15 Å². The first-order valence-corrected chi connectivity index (χ1v) is 6.96. The molecule has 8 nitrogen and oxygen atoms in total. The van der Waals surface area contributed by atoms with Gasteiger partial charge in [-0.05, 0) is 16.6 Å². The van der Waals surface area contributed by atoms with Crippen LogP contribution in [0.1, 0.15) is 12.6 Å². The number of ether oxygens (including phenoxy) is 1. The van der Waals surface area contributed by atoms with Crippen molar-refractivity contribution < 1.29 is 19.5 Å². The quantitative estimate of drug-likeness (QED) is 0.527. The Kier molecular flexibility index (Phi) is 3.70. The van der Waals surface area contributed by atoms with Crippen LogP contribution in [-0.4, -0.2) is 58.1 Å². The van der Waals surface area contributed by atoms with Gasteiger partial charge in [0.1, 0.15) is 6.10 Å². The fraction of sp³-hybridized carbons (Fsp3) is 0.583. The standard InChI is InChI=1S/C12H16ClN5O3/c1-17(2)12-16-11-9(14-5-15-11)10(13)18(12)8-3-6(20)7(4-19)21-8/h5-8,19-20H,3-4H2,1-2H3/p+1/t6-,7+,8?/m0/s1. The molecular weight excluding hydrogens is 298 g/mol. The summed E-state index contributed by atoms with van der Waals surface area (Å²) in [7, 11) is 3.67. The van der Waals surface area contributed by atoms with Crippen LogP contribution in [0.2, 0.25) is 5.15 Å². The Bertz CT molecular complexity index is 662. The number of anilines is 1. The molecule has 3 atom stereocenters. The minimum Gasteiger partial charge on any atom is -0.394 e. The molecule has 2 aromatic heterocycles. The third-order valence-corrected chi connectivity index (χ3v) is 3.90. The number of nitrogens with zero attached hydrogens (tertiary/aromatic N) is 4. The summed E-state index contributed by atoms with van der Waals surface area (Å²) in [6.07, 6.45) is -0.00394. The van der Waals surface area contributed by atoms with E-state index in [4.69, 9.17) is 16.3 Å². The lowest BCUT2D eigenvalue weighted by molar-refractivity contribution is -0.747. The highest BCUT2D eigenvalue weighted by Crippen LogP contribution is 2.29. The molecule has 1 saturated heterocycles. The lowest BCUT2D eigenvalue weighted by Crippen LogP contribution is -2.46. The van der Waals surface area contributed by atoms with Crippen molar-refractivity contribution in [2.45, 2.75) is 24.9 Å². The molecule has 0 bridgehead atoms. The van der Waals surface area contributed by atoms with Crippen molar-refractivity contribution in [1.82, 2.24) is 15.0 Å². The van der Waals surface area contributed by atoms with Crippen LogP contribution in [-0.2, 0) is 4.74 Å². The van der Waals surface area contributed by atoms with Crippen LogP contribution in [0.4, 0.5) is 5.95 Å². The Morgan fingerprint density at radius 1 is 1.57 bits per heavy atom. The van der Waals surface area contributed by atoms with Crippen molar-refractivity contribution in [3.8, 4) is 0 Å². The molecule has 3 rings (SSSR count). The van der Waals surface area contributed by atoms with E-state index in [0.29, 0.717) is 28.7 Å². The predicted molar refractivity (Wildman–Crippen MR) is 75.0 cm³/mol. The van der Waals surface area contributed by atoms with Crippen LogP contribution in [0.25, 0.3) is 11.2 Å². The number of aromatic nitrogens is 4. The molecule has 0 amide bonds. The highest BCUT2D eigenvalue weighted by Gasteiger charge is 2.40. The summed E-state index contributed by atoms with van der Waals surface area (Å²) in [5.74, 6) is 0.565. The first-order valence-electron chi connectivity index (χ1n) is 6.58. The topological polar surface area (TPSA) is 98.4 Å². The Morgan fingerprint density at radius 2 is 2.33 bits per heavy atom. The van der Waals surface area contributed by atoms with Crippen molar-refractivity contribution in [2.24, 2.45) is 0 Å². The van der Waals surface area contributed by atoms with E-state index < -0.39 is 18.4 Å². The number of aliphatic hydroxyl groups excluding tert-OH is 2. The van der Waals surface area contributed by atoms with Gasteiger partial charge < -0.3 is 19.9 Å². The monoisotopic (exact) mass is 314 g/mol. The second kappa shape index (κ2) is 5.38. The molecular formula is C12H17ClN5O3+. The molecule has 9 heteroatoms. The minimum atomic E-state index is -0.740. The maximum atomic E-state index is 9.92. The molecule has 0 aliphatic carbocycles. The molecule has 114 valence electrons. The molecule has 0 radical (unpaired) electrons. The number of aliphatic hydroxyl groups is 2. The van der Waals surface area contributed by atoms with Gasteiger partial charge in [0.05, 0.1) is 33.1 Å². The van der Waals surface area contributed by atoms with Gasteiger partial charge in [-0.2, -0.15) is 4.57 Å². The lowest BCUT2D eigenvalue weighted by atomic mass is 10.2. The van der Waals surface area contributed by atoms with Gasteiger partial charge >= 0.3 is 5.95 Å². The van der Waals surface area contributed by atoms with E-state index in [2.05, 4.69) is 15.0 Å². The molecule has 1 fully saturated rings. The minimum absolute atomic E-state index is 0.243. The summed E-state index contributed by atoms with van der Waals surface area (Å²) in [5, 5.41) is 19.5. The van der Waals surface area contributed by atoms with Crippen LogP contribution < -0.4 is 9.47 Å². The van der Waals surface area contributed by atoms with Crippen molar-refractivity contribution in [2.75, 3.05) is 25.6 Å². The molecule has 21 heavy (non-hydrogen) atoms. The van der Waals surface area contributed by atoms with E-state index in [1.165, 1.54) is 6.33 Å². The number of rotatable bonds is 3. The molecule has 0 spiro atoms. The average molecular weight is 315 g/mol. The molecule has 1 aliphatic rings. The molecule has 3 heterocycles. The van der Waals surface area contributed by atoms with Gasteiger partial charge in [0.25, 0.3) is 5.65 Å². The summed E-state index contributed by atoms with van der Waals surface area (Å²) in [4.78, 5) is 13.3. The Labute approximate surface area is 126 Å². The van der Waals surface area contributed by atoms with E-state index in [1.807, 2.05) is 14.1 Å². The Hall–Kier alpha value is -1.48. The molecule has 3 N–H and O–H groups in total. The number of nitrogens with one attached hydrogen (secondary N) is 1. The number of imidazole rings is 1. The number of hydrogen-bond acceptors (Lipinski definition) is 6. The Balaban J connectivity index is 2.12. The predicted octanol–water partition coefficient (Wildman–Crippen LogP) is -0.395. The first kappa shape index (κ1) is 14.5. The maximum Gasteiger partial charge on any atom is 0.399 e. The zero-order valence-electron chi connectivity index (χ0n) is 11.7. The summed E-state index contributed by atoms with van der Waals surface area (Å²) < 4.78 is 7.38. The SMILES string of the molecule is CN(C)c1nc2nc[nH]c2c(Cl)[n+]1C1C[C@H](O)[C@@H](CO)O1. The second-order valence-corrected chi connectivity index (χ2v) is 5.54. The fourth-order valence-electron chi connectivity index (χ4n) is 2.49. The molecule has 1 aliphatic heterocycles. The number of fused-ring (bicyclic) bond motifs is 1. The zero-order valence-corrected chi connectivity index (χ0v) is 12.4. The van der Waals surface area contributed by atoms with Gasteiger partial charge in [0.15, 0.2) is 11.7 Å². The van der Waals surface area contributed by atoms with E-state index in [9.17, 15) is 10.2 Å². The highest BCUT2D eigenvalue weighted by atomic mass is 35.5. The summed E-state index contributed by atoms with van der Waals surface area (Å²) in [5.41, 5.74) is 1.12. The van der Waals surface area contributed by atoms with Gasteiger partial charge in [-0.1, -0.05) is 0 Å². The third-order valence-electron chi connectivity index (χ3n) is 3.53. The molecule has 0 saturated carbocycles. The van der Waals surface area contributed by atoms with Crippen molar-refractivity contribution >= 4 is 28.7 Å². The largest absolute Gasteiger partial charge is 0.399 e. The second-order valence-electron chi connectivity index (χ2n) is 5.18. The van der Waals surface area contributed by atoms with Gasteiger partial charge in [-0.15, -0.1) is 0 Å². The van der Waals surface area contributed by atoms with Crippen LogP contribution in [0.5, 0.6) is 0 Å². The number of hydrogen-bond donors (Lipinski definition) is 3. The summed E-state index contributed by atoms with van der Waals surface area (Å²) in [6.45, 7) is -0.243. The van der Waals surface area contributed by atoms with Gasteiger partial charge in [0, 0.05) is 6.42 Å². The van der Waals surface area contributed by atoms with E-state index in [-0.39, 0.29) is 6.61 Å². The van der Waals surface area contributed by atoms with Crippen LogP contribution >= 0.6 is 11.6 Å². The van der Waals surface area contributed by atoms with E-state index in [1.54, 1.807) is 9.47 Å². The molecule has 2 aromatic rings. The lowest BCUT2D eigenvalue weighted by Gasteiger charge is -2.17. The summed E-state index contributed by atoms with van der Waals surface area (Å²) >= 11 is 6.45. The molecule has 0 aromatic carbocycles. The van der Waals surface area contributed by atoms with Crippen molar-refractivity contribution in [3.05, 3.63) is 11.5 Å². The van der Waals surface area contributed by atoms with Crippen LogP contribution in [0.15, 0.2) is 6.33 Å². The van der Waals surface area contributed by atoms with Crippen molar-refractivity contribution in [3.63, 3.8) is 0 Å². The smallest absolute Gasteiger partial charge is 0.394 e. The maximum absolute atomic E-state index is 9.92. The molecule has 1 unspecified atom stereocenters. The average Bonchev–Trinajstić information content (AvgIpc) is 3.04. The number of H-pyrrole nitrogens is 1. The zero-order chi connectivity index (χ0) is 15.1. The first-order chi connectivity index (χ1) is 10.0.